The summed E-state index contributed by atoms with van der Waals surface area (Å²) in [4.78, 5) is 47.1. The highest BCUT2D eigenvalue weighted by atomic mass is 16.5. The molecule has 0 aliphatic carbocycles. The highest BCUT2D eigenvalue weighted by Gasteiger charge is 2.55. The monoisotopic (exact) mass is 351 g/mol. The van der Waals surface area contributed by atoms with E-state index < -0.39 is 29.6 Å². The van der Waals surface area contributed by atoms with E-state index in [1.165, 1.54) is 25.7 Å². The Kier molecular flexibility index (Phi) is 3.68. The third kappa shape index (κ3) is 2.25. The number of carbonyl (C=O) groups is 3. The van der Waals surface area contributed by atoms with E-state index in [2.05, 4.69) is 20.5 Å². The molecule has 2 aliphatic heterocycles. The van der Waals surface area contributed by atoms with Gasteiger partial charge in [-0.05, 0) is 12.1 Å². The number of Topliss-reactive ketones (excluding diaryl/α,β-unsaturated/α-hetero) is 1. The number of imide groups is 1. The fraction of sp³-hybridized carbons (Fsp3) is 0.176. The van der Waals surface area contributed by atoms with Gasteiger partial charge in [0.1, 0.15) is 29.1 Å². The van der Waals surface area contributed by atoms with Crippen LogP contribution in [0.4, 0.5) is 5.69 Å². The van der Waals surface area contributed by atoms with Gasteiger partial charge in [0.2, 0.25) is 11.7 Å². The van der Waals surface area contributed by atoms with Crippen LogP contribution in [0.15, 0.2) is 48.0 Å². The van der Waals surface area contributed by atoms with Gasteiger partial charge in [-0.1, -0.05) is 12.1 Å². The van der Waals surface area contributed by atoms with E-state index in [0.29, 0.717) is 11.4 Å². The molecule has 3 heterocycles. The summed E-state index contributed by atoms with van der Waals surface area (Å²) in [6, 6.07) is 5.76. The molecule has 1 fully saturated rings. The predicted octanol–water partition coefficient (Wildman–Crippen LogP) is 0.185. The van der Waals surface area contributed by atoms with E-state index in [1.54, 1.807) is 24.3 Å². The van der Waals surface area contributed by atoms with Gasteiger partial charge in [0.05, 0.1) is 19.0 Å². The Labute approximate surface area is 147 Å². The number of hydrogen-bond acceptors (Lipinski definition) is 8. The second-order valence-electron chi connectivity index (χ2n) is 5.68. The molecule has 1 saturated heterocycles. The van der Waals surface area contributed by atoms with Crippen LogP contribution in [0.2, 0.25) is 0 Å². The lowest BCUT2D eigenvalue weighted by atomic mass is 9.94. The number of nitrogens with zero attached hydrogens (tertiary/aromatic N) is 4. The molecule has 4 rings (SSSR count). The lowest BCUT2D eigenvalue weighted by Gasteiger charge is -2.18. The number of anilines is 1. The van der Waals surface area contributed by atoms with Crippen molar-refractivity contribution in [2.24, 2.45) is 11.0 Å². The van der Waals surface area contributed by atoms with Crippen LogP contribution >= 0.6 is 0 Å². The van der Waals surface area contributed by atoms with Crippen molar-refractivity contribution in [3.8, 4) is 5.75 Å². The Morgan fingerprint density at radius 3 is 2.73 bits per heavy atom. The minimum Gasteiger partial charge on any atom is -0.495 e. The molecule has 26 heavy (non-hydrogen) atoms. The molecule has 1 aromatic carbocycles. The maximum Gasteiger partial charge on any atom is 0.259 e. The molecule has 1 N–H and O–H groups in total. The van der Waals surface area contributed by atoms with Crippen LogP contribution in [-0.4, -0.2) is 46.4 Å². The van der Waals surface area contributed by atoms with Crippen LogP contribution < -0.4 is 15.1 Å². The summed E-state index contributed by atoms with van der Waals surface area (Å²) in [5.41, 5.74) is 2.94. The molecule has 2 amide bonds. The average Bonchev–Trinajstić information content (AvgIpc) is 3.22. The number of carbonyl (C=O) groups excluding carboxylic acids is 3. The van der Waals surface area contributed by atoms with Crippen molar-refractivity contribution in [1.29, 1.82) is 0 Å². The van der Waals surface area contributed by atoms with Gasteiger partial charge in [-0.25, -0.2) is 9.88 Å². The molecular formula is C17H13N5O4. The number of amides is 2. The zero-order chi connectivity index (χ0) is 18.3. The second kappa shape index (κ2) is 6.03. The first-order valence-corrected chi connectivity index (χ1v) is 7.78. The molecule has 9 heteroatoms. The first-order valence-electron chi connectivity index (χ1n) is 7.78. The van der Waals surface area contributed by atoms with Gasteiger partial charge in [0.15, 0.2) is 0 Å². The third-order valence-electron chi connectivity index (χ3n) is 4.28. The Morgan fingerprint density at radius 1 is 1.19 bits per heavy atom. The largest absolute Gasteiger partial charge is 0.495 e. The van der Waals surface area contributed by atoms with Gasteiger partial charge in [0.25, 0.3) is 5.91 Å². The summed E-state index contributed by atoms with van der Waals surface area (Å²) >= 11 is 0. The van der Waals surface area contributed by atoms with Crippen molar-refractivity contribution in [1.82, 2.24) is 15.4 Å². The number of benzene rings is 1. The number of methoxy groups -OCH3 is 1. The molecule has 0 radical (unpaired) electrons. The first-order chi connectivity index (χ1) is 12.6. The Balaban J connectivity index is 1.70. The number of aromatic nitrogens is 2. The average molecular weight is 351 g/mol. The summed E-state index contributed by atoms with van der Waals surface area (Å²) in [5, 5.41) is 3.92. The molecule has 2 atom stereocenters. The van der Waals surface area contributed by atoms with Crippen LogP contribution in [0.3, 0.4) is 0 Å². The maximum absolute atomic E-state index is 13.0. The van der Waals surface area contributed by atoms with Crippen molar-refractivity contribution >= 4 is 29.0 Å². The number of nitrogens with one attached hydrogen (secondary N) is 1. The highest BCUT2D eigenvalue weighted by Crippen LogP contribution is 2.36. The lowest BCUT2D eigenvalue weighted by molar-refractivity contribution is -0.122. The molecule has 0 saturated carbocycles. The Bertz CT molecular complexity index is 943. The molecule has 9 nitrogen and oxygen atoms in total. The fourth-order valence-electron chi connectivity index (χ4n) is 3.08. The van der Waals surface area contributed by atoms with Crippen LogP contribution in [0.25, 0.3) is 0 Å². The van der Waals surface area contributed by atoms with Crippen LogP contribution in [0.5, 0.6) is 5.75 Å². The molecule has 2 aliphatic rings. The number of rotatable bonds is 4. The molecule has 0 spiro atoms. The predicted molar refractivity (Wildman–Crippen MR) is 89.7 cm³/mol. The standard InChI is InChI=1S/C17H13N5O4/c1-26-11-5-3-2-4-10(11)22-16(24)12-13(20-21-14(12)17(22)25)15(23)9-8-18-6-7-19-9/h2-8,12,14,21H,1H3/t12-,14+/m1/s1. The Hall–Kier alpha value is -3.62. The summed E-state index contributed by atoms with van der Waals surface area (Å²) in [6.07, 6.45) is 4.09. The smallest absolute Gasteiger partial charge is 0.259 e. The van der Waals surface area contributed by atoms with Gasteiger partial charge in [-0.3, -0.25) is 24.8 Å². The number of fused-ring (bicyclic) bond motifs is 1. The fourth-order valence-corrected chi connectivity index (χ4v) is 3.08. The lowest BCUT2D eigenvalue weighted by Crippen LogP contribution is -2.36. The van der Waals surface area contributed by atoms with E-state index in [0.717, 1.165) is 4.90 Å². The van der Waals surface area contributed by atoms with Crippen molar-refractivity contribution in [2.75, 3.05) is 12.0 Å². The molecule has 0 bridgehead atoms. The van der Waals surface area contributed by atoms with Crippen molar-refractivity contribution < 1.29 is 19.1 Å². The number of para-hydroxylation sites is 2. The minimum atomic E-state index is -1.01. The molecule has 130 valence electrons. The zero-order valence-electron chi connectivity index (χ0n) is 13.6. The van der Waals surface area contributed by atoms with E-state index in [1.807, 2.05) is 0 Å². The second-order valence-corrected chi connectivity index (χ2v) is 5.68. The molecule has 2 aromatic rings. The summed E-state index contributed by atoms with van der Waals surface area (Å²) in [7, 11) is 1.45. The van der Waals surface area contributed by atoms with E-state index in [4.69, 9.17) is 4.74 Å². The van der Waals surface area contributed by atoms with Crippen LogP contribution in [-0.2, 0) is 9.59 Å². The summed E-state index contributed by atoms with van der Waals surface area (Å²) in [6.45, 7) is 0. The van der Waals surface area contributed by atoms with Gasteiger partial charge in [0, 0.05) is 12.4 Å². The first kappa shape index (κ1) is 15.9. The topological polar surface area (TPSA) is 114 Å². The SMILES string of the molecule is COc1ccccc1N1C(=O)[C@@H]2C(C(=O)c3cnccn3)=NN[C@@H]2C1=O. The van der Waals surface area contributed by atoms with Crippen LogP contribution in [0.1, 0.15) is 10.5 Å². The van der Waals surface area contributed by atoms with Crippen molar-refractivity contribution in [3.63, 3.8) is 0 Å². The van der Waals surface area contributed by atoms with E-state index in [-0.39, 0.29) is 11.4 Å². The van der Waals surface area contributed by atoms with Crippen LogP contribution in [0, 0.1) is 5.92 Å². The maximum atomic E-state index is 13.0. The zero-order valence-corrected chi connectivity index (χ0v) is 13.6. The number of hydrazone groups is 1. The van der Waals surface area contributed by atoms with Crippen molar-refractivity contribution in [3.05, 3.63) is 48.5 Å². The highest BCUT2D eigenvalue weighted by molar-refractivity contribution is 6.52. The van der Waals surface area contributed by atoms with Gasteiger partial charge >= 0.3 is 0 Å². The van der Waals surface area contributed by atoms with Crippen molar-refractivity contribution in [2.45, 2.75) is 6.04 Å². The Morgan fingerprint density at radius 2 is 2.00 bits per heavy atom. The summed E-state index contributed by atoms with van der Waals surface area (Å²) in [5.74, 6) is -2.20. The van der Waals surface area contributed by atoms with Gasteiger partial charge in [-0.2, -0.15) is 5.10 Å². The molecule has 1 aromatic heterocycles. The number of hydrogen-bond donors (Lipinski definition) is 1. The third-order valence-corrected chi connectivity index (χ3v) is 4.28. The number of ether oxygens (including phenoxy) is 1. The molecule has 0 unspecified atom stereocenters. The number of ketones is 1. The van der Waals surface area contributed by atoms with E-state index >= 15 is 0 Å². The minimum absolute atomic E-state index is 0.0498. The van der Waals surface area contributed by atoms with E-state index in [9.17, 15) is 14.4 Å². The molecular weight excluding hydrogens is 338 g/mol. The summed E-state index contributed by atoms with van der Waals surface area (Å²) < 4.78 is 5.24. The normalized spacial score (nSPS) is 21.3. The quantitative estimate of drug-likeness (QED) is 0.617. The van der Waals surface area contributed by atoms with Gasteiger partial charge < -0.3 is 4.74 Å². The van der Waals surface area contributed by atoms with Gasteiger partial charge in [-0.15, -0.1) is 0 Å².